The van der Waals surface area contributed by atoms with E-state index in [0.29, 0.717) is 31.3 Å². The van der Waals surface area contributed by atoms with Gasteiger partial charge in [-0.2, -0.15) is 0 Å². The quantitative estimate of drug-likeness (QED) is 0.503. The van der Waals surface area contributed by atoms with Crippen LogP contribution in [0.4, 0.5) is 0 Å². The van der Waals surface area contributed by atoms with Crippen LogP contribution in [0.1, 0.15) is 23.7 Å². The minimum absolute atomic E-state index is 0. The molecule has 0 unspecified atom stereocenters. The average molecular weight is 419 g/mol. The van der Waals surface area contributed by atoms with Crippen molar-refractivity contribution in [2.75, 3.05) is 6.61 Å². The molecule has 6 heteroatoms. The predicted octanol–water partition coefficient (Wildman–Crippen LogP) is 5.42. The molecule has 2 aromatic carbocycles. The summed E-state index contributed by atoms with van der Waals surface area (Å²) in [6.45, 7) is 4.36. The van der Waals surface area contributed by atoms with Gasteiger partial charge in [-0.05, 0) is 42.8 Å². The van der Waals surface area contributed by atoms with E-state index in [-0.39, 0.29) is 12.4 Å². The molecule has 0 fully saturated rings. The second-order valence-electron chi connectivity index (χ2n) is 6.02. The van der Waals surface area contributed by atoms with Crippen LogP contribution in [0, 0.1) is 0 Å². The maximum absolute atomic E-state index is 6.13. The van der Waals surface area contributed by atoms with Crippen LogP contribution in [0.5, 0.6) is 11.5 Å². The molecule has 4 nitrogen and oxygen atoms in total. The Labute approximate surface area is 177 Å². The summed E-state index contributed by atoms with van der Waals surface area (Å²) in [7, 11) is 0. The van der Waals surface area contributed by atoms with Gasteiger partial charge in [0.25, 0.3) is 0 Å². The number of benzene rings is 2. The molecule has 0 saturated carbocycles. The van der Waals surface area contributed by atoms with E-state index in [1.807, 2.05) is 67.6 Å². The molecule has 1 N–H and O–H groups in total. The van der Waals surface area contributed by atoms with Crippen molar-refractivity contribution in [1.82, 2.24) is 10.3 Å². The fraction of sp³-hybridized carbons (Fsp3) is 0.227. The van der Waals surface area contributed by atoms with Crippen molar-refractivity contribution in [3.63, 3.8) is 0 Å². The zero-order valence-corrected chi connectivity index (χ0v) is 17.3. The highest BCUT2D eigenvalue weighted by molar-refractivity contribution is 6.30. The normalized spacial score (nSPS) is 10.2. The Kier molecular flexibility index (Phi) is 9.08. The molecule has 148 valence electrons. The summed E-state index contributed by atoms with van der Waals surface area (Å²) in [5.74, 6) is 1.52. The Morgan fingerprint density at radius 1 is 0.929 bits per heavy atom. The third-order valence-electron chi connectivity index (χ3n) is 4.00. The summed E-state index contributed by atoms with van der Waals surface area (Å²) < 4.78 is 11.9. The number of ether oxygens (including phenoxy) is 2. The SMILES string of the molecule is CCOc1cccc(CNCc2ccccn2)c1OCc1ccc(Cl)cc1.Cl. The van der Waals surface area contributed by atoms with Crippen molar-refractivity contribution in [2.24, 2.45) is 0 Å². The monoisotopic (exact) mass is 418 g/mol. The van der Waals surface area contributed by atoms with Gasteiger partial charge in [0.2, 0.25) is 0 Å². The van der Waals surface area contributed by atoms with E-state index in [0.717, 1.165) is 28.3 Å². The van der Waals surface area contributed by atoms with E-state index in [1.54, 1.807) is 6.20 Å². The number of aromatic nitrogens is 1. The average Bonchev–Trinajstić information content (AvgIpc) is 2.70. The van der Waals surface area contributed by atoms with E-state index >= 15 is 0 Å². The Hall–Kier alpha value is -2.27. The lowest BCUT2D eigenvalue weighted by molar-refractivity contribution is 0.266. The van der Waals surface area contributed by atoms with Crippen LogP contribution in [0.15, 0.2) is 66.9 Å². The number of hydrogen-bond donors (Lipinski definition) is 1. The number of pyridine rings is 1. The third-order valence-corrected chi connectivity index (χ3v) is 4.26. The lowest BCUT2D eigenvalue weighted by Crippen LogP contribution is -2.15. The van der Waals surface area contributed by atoms with Crippen LogP contribution in [0.25, 0.3) is 0 Å². The van der Waals surface area contributed by atoms with Gasteiger partial charge in [-0.1, -0.05) is 41.9 Å². The smallest absolute Gasteiger partial charge is 0.166 e. The Morgan fingerprint density at radius 3 is 2.46 bits per heavy atom. The van der Waals surface area contributed by atoms with Crippen LogP contribution in [-0.4, -0.2) is 11.6 Å². The van der Waals surface area contributed by atoms with Crippen LogP contribution in [0.3, 0.4) is 0 Å². The van der Waals surface area contributed by atoms with E-state index in [1.165, 1.54) is 0 Å². The van der Waals surface area contributed by atoms with Crippen molar-refractivity contribution >= 4 is 24.0 Å². The zero-order chi connectivity index (χ0) is 18.9. The molecule has 0 bridgehead atoms. The predicted molar refractivity (Wildman–Crippen MR) is 115 cm³/mol. The number of para-hydroxylation sites is 1. The largest absolute Gasteiger partial charge is 0.490 e. The molecule has 0 radical (unpaired) electrons. The highest BCUT2D eigenvalue weighted by Crippen LogP contribution is 2.32. The van der Waals surface area contributed by atoms with Gasteiger partial charge in [0, 0.05) is 29.9 Å². The molecule has 1 aromatic heterocycles. The highest BCUT2D eigenvalue weighted by atomic mass is 35.5. The van der Waals surface area contributed by atoms with Gasteiger partial charge in [-0.3, -0.25) is 4.98 Å². The second kappa shape index (κ2) is 11.5. The Balaban J connectivity index is 0.00000280. The summed E-state index contributed by atoms with van der Waals surface area (Å²) >= 11 is 5.95. The van der Waals surface area contributed by atoms with E-state index in [4.69, 9.17) is 21.1 Å². The summed E-state index contributed by atoms with van der Waals surface area (Å²) in [6, 6.07) is 19.5. The van der Waals surface area contributed by atoms with Crippen molar-refractivity contribution in [3.05, 3.63) is 88.7 Å². The maximum atomic E-state index is 6.13. The molecule has 0 aliphatic carbocycles. The van der Waals surface area contributed by atoms with Gasteiger partial charge in [-0.15, -0.1) is 12.4 Å². The molecule has 0 amide bonds. The Bertz CT molecular complexity index is 843. The number of halogens is 2. The van der Waals surface area contributed by atoms with Crippen molar-refractivity contribution < 1.29 is 9.47 Å². The fourth-order valence-electron chi connectivity index (χ4n) is 2.70. The number of rotatable bonds is 9. The van der Waals surface area contributed by atoms with E-state index < -0.39 is 0 Å². The van der Waals surface area contributed by atoms with Crippen molar-refractivity contribution in [1.29, 1.82) is 0 Å². The van der Waals surface area contributed by atoms with Crippen molar-refractivity contribution in [2.45, 2.75) is 26.6 Å². The van der Waals surface area contributed by atoms with Gasteiger partial charge < -0.3 is 14.8 Å². The first-order valence-corrected chi connectivity index (χ1v) is 9.36. The molecular formula is C22H24Cl2N2O2. The van der Waals surface area contributed by atoms with Gasteiger partial charge in [0.15, 0.2) is 11.5 Å². The topological polar surface area (TPSA) is 43.4 Å². The molecule has 1 heterocycles. The number of nitrogens with one attached hydrogen (secondary N) is 1. The fourth-order valence-corrected chi connectivity index (χ4v) is 2.82. The molecule has 0 spiro atoms. The van der Waals surface area contributed by atoms with E-state index in [9.17, 15) is 0 Å². The van der Waals surface area contributed by atoms with Crippen LogP contribution in [0.2, 0.25) is 5.02 Å². The first-order valence-electron chi connectivity index (χ1n) is 8.99. The van der Waals surface area contributed by atoms with Gasteiger partial charge in [0.1, 0.15) is 6.61 Å². The lowest BCUT2D eigenvalue weighted by atomic mass is 10.1. The minimum Gasteiger partial charge on any atom is -0.490 e. The maximum Gasteiger partial charge on any atom is 0.166 e. The molecule has 3 aromatic rings. The minimum atomic E-state index is 0. The van der Waals surface area contributed by atoms with Crippen molar-refractivity contribution in [3.8, 4) is 11.5 Å². The lowest BCUT2D eigenvalue weighted by Gasteiger charge is -2.16. The summed E-state index contributed by atoms with van der Waals surface area (Å²) in [6.07, 6.45) is 1.80. The van der Waals surface area contributed by atoms with Crippen LogP contribution >= 0.6 is 24.0 Å². The molecule has 0 saturated heterocycles. The number of hydrogen-bond acceptors (Lipinski definition) is 4. The standard InChI is InChI=1S/C22H23ClN2O2.ClH/c1-2-26-21-8-5-6-18(14-24-15-20-7-3-4-13-25-20)22(21)27-16-17-9-11-19(23)12-10-17;/h3-13,24H,2,14-16H2,1H3;1H. The summed E-state index contributed by atoms with van der Waals surface area (Å²) in [5.41, 5.74) is 3.10. The molecular weight excluding hydrogens is 395 g/mol. The molecule has 3 rings (SSSR count). The molecule has 0 atom stereocenters. The third kappa shape index (κ3) is 6.41. The number of nitrogens with zero attached hydrogens (tertiary/aromatic N) is 1. The van der Waals surface area contributed by atoms with Gasteiger partial charge in [-0.25, -0.2) is 0 Å². The summed E-state index contributed by atoms with van der Waals surface area (Å²) in [5, 5.41) is 4.13. The zero-order valence-electron chi connectivity index (χ0n) is 15.7. The Morgan fingerprint density at radius 2 is 1.75 bits per heavy atom. The van der Waals surface area contributed by atoms with Gasteiger partial charge >= 0.3 is 0 Å². The van der Waals surface area contributed by atoms with Gasteiger partial charge in [0.05, 0.1) is 12.3 Å². The van der Waals surface area contributed by atoms with E-state index in [2.05, 4.69) is 10.3 Å². The highest BCUT2D eigenvalue weighted by Gasteiger charge is 2.11. The molecule has 0 aliphatic heterocycles. The molecule has 28 heavy (non-hydrogen) atoms. The second-order valence-corrected chi connectivity index (χ2v) is 6.45. The first-order chi connectivity index (χ1) is 13.3. The van der Waals surface area contributed by atoms with Crippen LogP contribution in [-0.2, 0) is 19.7 Å². The first kappa shape index (κ1) is 22.0. The molecule has 0 aliphatic rings. The van der Waals surface area contributed by atoms with Crippen LogP contribution < -0.4 is 14.8 Å². The summed E-state index contributed by atoms with van der Waals surface area (Å²) in [4.78, 5) is 4.33.